The van der Waals surface area contributed by atoms with Crippen molar-refractivity contribution in [2.45, 2.75) is 13.0 Å². The molecule has 0 fully saturated rings. The number of ether oxygens (including phenoxy) is 2. The quantitative estimate of drug-likeness (QED) is 0.658. The molecule has 1 unspecified atom stereocenters. The molecular formula is C17H18N4O6. The molecule has 0 radical (unpaired) electrons. The number of hydrogen-bond donors (Lipinski definition) is 2. The number of nitrogens with zero attached hydrogens (tertiary/aromatic N) is 2. The van der Waals surface area contributed by atoms with Gasteiger partial charge in [0.05, 0.1) is 11.1 Å². The Kier molecular flexibility index (Phi) is 8.59. The van der Waals surface area contributed by atoms with Crippen molar-refractivity contribution in [3.05, 3.63) is 60.2 Å². The lowest BCUT2D eigenvalue weighted by atomic mass is 10.3. The highest BCUT2D eigenvalue weighted by molar-refractivity contribution is 5.91. The molecule has 27 heavy (non-hydrogen) atoms. The van der Waals surface area contributed by atoms with Gasteiger partial charge in [0, 0.05) is 24.8 Å². The minimum Gasteiger partial charge on any atom is -0.452 e. The van der Waals surface area contributed by atoms with Crippen LogP contribution >= 0.6 is 0 Å². The Labute approximate surface area is 154 Å². The molecule has 10 nitrogen and oxygen atoms in total. The van der Waals surface area contributed by atoms with E-state index >= 15 is 0 Å². The first-order chi connectivity index (χ1) is 12.8. The molecule has 2 aromatic rings. The first kappa shape index (κ1) is 21.2. The van der Waals surface area contributed by atoms with Gasteiger partial charge in [-0.3, -0.25) is 19.6 Å². The highest BCUT2D eigenvalue weighted by Gasteiger charge is 2.15. The maximum Gasteiger partial charge on any atom is 0.340 e. The predicted molar refractivity (Wildman–Crippen MR) is 92.0 cm³/mol. The Bertz CT molecular complexity index is 783. The highest BCUT2D eigenvalue weighted by atomic mass is 16.5. The van der Waals surface area contributed by atoms with Crippen LogP contribution in [0.3, 0.4) is 0 Å². The zero-order valence-electron chi connectivity index (χ0n) is 14.4. The highest BCUT2D eigenvalue weighted by Crippen LogP contribution is 2.01. The van der Waals surface area contributed by atoms with E-state index in [1.54, 1.807) is 18.2 Å². The molecule has 2 amide bonds. The third kappa shape index (κ3) is 8.20. The summed E-state index contributed by atoms with van der Waals surface area (Å²) in [6, 6.07) is 6.28. The van der Waals surface area contributed by atoms with Gasteiger partial charge in [-0.25, -0.2) is 9.59 Å². The number of carbonyl (C=O) groups is 4. The van der Waals surface area contributed by atoms with E-state index in [-0.39, 0.29) is 0 Å². The van der Waals surface area contributed by atoms with E-state index < -0.39 is 36.5 Å². The van der Waals surface area contributed by atoms with Crippen molar-refractivity contribution in [1.82, 2.24) is 9.97 Å². The number of hydrogen-bond acceptors (Lipinski definition) is 8. The van der Waals surface area contributed by atoms with Crippen LogP contribution in [0.4, 0.5) is 0 Å². The number of aromatic nitrogens is 2. The molecule has 0 aliphatic carbocycles. The lowest BCUT2D eigenvalue weighted by Crippen LogP contribution is -2.30. The number of rotatable bonds is 6. The van der Waals surface area contributed by atoms with E-state index in [0.717, 1.165) is 0 Å². The van der Waals surface area contributed by atoms with E-state index in [0.29, 0.717) is 11.1 Å². The van der Waals surface area contributed by atoms with E-state index in [1.807, 2.05) is 0 Å². The summed E-state index contributed by atoms with van der Waals surface area (Å²) in [6.45, 7) is 1.00. The van der Waals surface area contributed by atoms with Gasteiger partial charge in [0.1, 0.15) is 0 Å². The minimum atomic E-state index is -0.928. The Hall–Kier alpha value is -3.82. The molecule has 0 aromatic carbocycles. The van der Waals surface area contributed by atoms with E-state index in [9.17, 15) is 19.2 Å². The lowest BCUT2D eigenvalue weighted by molar-refractivity contribution is -0.125. The average molecular weight is 374 g/mol. The zero-order chi connectivity index (χ0) is 20.2. The molecule has 2 heterocycles. The normalized spacial score (nSPS) is 10.6. The zero-order valence-corrected chi connectivity index (χ0v) is 14.4. The predicted octanol–water partition coefficient (Wildman–Crippen LogP) is -0.164. The Balaban J connectivity index is 0.000000271. The fraction of sp³-hybridized carbons (Fsp3) is 0.176. The Morgan fingerprint density at radius 2 is 1.48 bits per heavy atom. The van der Waals surface area contributed by atoms with Gasteiger partial charge in [-0.1, -0.05) is 0 Å². The number of primary amides is 2. The van der Waals surface area contributed by atoms with Crippen LogP contribution < -0.4 is 11.5 Å². The topological polar surface area (TPSA) is 165 Å². The summed E-state index contributed by atoms with van der Waals surface area (Å²) in [5, 5.41) is 0. The third-order valence-corrected chi connectivity index (χ3v) is 2.82. The van der Waals surface area contributed by atoms with Gasteiger partial charge in [-0.05, 0) is 31.2 Å². The average Bonchev–Trinajstić information content (AvgIpc) is 2.67. The molecule has 0 aliphatic rings. The van der Waals surface area contributed by atoms with E-state index in [2.05, 4.69) is 14.7 Å². The molecule has 10 heteroatoms. The van der Waals surface area contributed by atoms with Crippen molar-refractivity contribution >= 4 is 23.8 Å². The van der Waals surface area contributed by atoms with Crippen LogP contribution in [0.5, 0.6) is 0 Å². The molecule has 2 aromatic heterocycles. The number of amides is 2. The van der Waals surface area contributed by atoms with E-state index in [1.165, 1.54) is 37.8 Å². The smallest absolute Gasteiger partial charge is 0.340 e. The van der Waals surface area contributed by atoms with Crippen LogP contribution in [-0.2, 0) is 19.1 Å². The van der Waals surface area contributed by atoms with Crippen LogP contribution in [0.25, 0.3) is 0 Å². The third-order valence-electron chi connectivity index (χ3n) is 2.82. The van der Waals surface area contributed by atoms with Crippen LogP contribution in [0.15, 0.2) is 49.1 Å². The standard InChI is InChI=1S/C9H10N2O3.C8H8N2O3/c1-6(8(10)12)14-9(13)7-3-2-4-11-5-7;9-7(11)5-13-8(12)6-2-1-3-10-4-6/h2-6H,1H3,(H2,10,12);1-4H,5H2,(H2,9,11). The lowest BCUT2D eigenvalue weighted by Gasteiger charge is -2.08. The SMILES string of the molecule is CC(OC(=O)c1cccnc1)C(N)=O.NC(=O)COC(=O)c1cccnc1. The van der Waals surface area contributed by atoms with Gasteiger partial charge in [0.2, 0.25) is 0 Å². The van der Waals surface area contributed by atoms with Gasteiger partial charge in [0.25, 0.3) is 11.8 Å². The van der Waals surface area contributed by atoms with Gasteiger partial charge in [-0.2, -0.15) is 0 Å². The van der Waals surface area contributed by atoms with Crippen molar-refractivity contribution in [2.75, 3.05) is 6.61 Å². The molecule has 142 valence electrons. The number of pyridine rings is 2. The van der Waals surface area contributed by atoms with Crippen molar-refractivity contribution in [2.24, 2.45) is 11.5 Å². The fourth-order valence-corrected chi connectivity index (χ4v) is 1.47. The van der Waals surface area contributed by atoms with Crippen molar-refractivity contribution in [1.29, 1.82) is 0 Å². The molecule has 0 bridgehead atoms. The second-order valence-corrected chi connectivity index (χ2v) is 4.98. The Morgan fingerprint density at radius 1 is 0.963 bits per heavy atom. The number of nitrogens with two attached hydrogens (primary N) is 2. The fourth-order valence-electron chi connectivity index (χ4n) is 1.47. The molecule has 0 saturated carbocycles. The monoisotopic (exact) mass is 374 g/mol. The van der Waals surface area contributed by atoms with Gasteiger partial charge < -0.3 is 20.9 Å². The summed E-state index contributed by atoms with van der Waals surface area (Å²) in [5.74, 6) is -2.57. The van der Waals surface area contributed by atoms with Crippen LogP contribution in [-0.4, -0.2) is 46.4 Å². The molecule has 1 atom stereocenters. The Morgan fingerprint density at radius 3 is 1.89 bits per heavy atom. The molecule has 0 spiro atoms. The summed E-state index contributed by atoms with van der Waals surface area (Å²) in [7, 11) is 0. The summed E-state index contributed by atoms with van der Waals surface area (Å²) >= 11 is 0. The van der Waals surface area contributed by atoms with Crippen LogP contribution in [0.2, 0.25) is 0 Å². The van der Waals surface area contributed by atoms with Crippen molar-refractivity contribution in [3.8, 4) is 0 Å². The second kappa shape index (κ2) is 10.9. The second-order valence-electron chi connectivity index (χ2n) is 4.98. The maximum absolute atomic E-state index is 11.3. The minimum absolute atomic E-state index is 0.292. The first-order valence-electron chi connectivity index (χ1n) is 7.57. The molecule has 0 aliphatic heterocycles. The molecule has 0 saturated heterocycles. The van der Waals surface area contributed by atoms with Crippen LogP contribution in [0.1, 0.15) is 27.6 Å². The van der Waals surface area contributed by atoms with Crippen LogP contribution in [0, 0.1) is 0 Å². The van der Waals surface area contributed by atoms with E-state index in [4.69, 9.17) is 16.2 Å². The van der Waals surface area contributed by atoms with Crippen molar-refractivity contribution < 1.29 is 28.7 Å². The first-order valence-corrected chi connectivity index (χ1v) is 7.57. The summed E-state index contributed by atoms with van der Waals surface area (Å²) in [5.41, 5.74) is 10.3. The largest absolute Gasteiger partial charge is 0.452 e. The van der Waals surface area contributed by atoms with Gasteiger partial charge >= 0.3 is 11.9 Å². The molecule has 2 rings (SSSR count). The van der Waals surface area contributed by atoms with Crippen molar-refractivity contribution in [3.63, 3.8) is 0 Å². The maximum atomic E-state index is 11.3. The van der Waals surface area contributed by atoms with Gasteiger partial charge in [-0.15, -0.1) is 0 Å². The number of esters is 2. The van der Waals surface area contributed by atoms with Gasteiger partial charge in [0.15, 0.2) is 12.7 Å². The summed E-state index contributed by atoms with van der Waals surface area (Å²) in [4.78, 5) is 50.7. The summed E-state index contributed by atoms with van der Waals surface area (Å²) < 4.78 is 9.28. The molecule has 4 N–H and O–H groups in total. The molecular weight excluding hydrogens is 356 g/mol. The number of carbonyl (C=O) groups excluding carboxylic acids is 4. The summed E-state index contributed by atoms with van der Waals surface area (Å²) in [6.07, 6.45) is 4.85.